The largest absolute Gasteiger partial charge is 0.455 e. The number of hydrogen-bond acceptors (Lipinski definition) is 5. The Hall–Kier alpha value is -6.20. The molecule has 1 unspecified atom stereocenters. The van der Waals surface area contributed by atoms with Crippen LogP contribution < -0.4 is 0 Å². The Labute approximate surface area is 269 Å². The molecule has 0 saturated heterocycles. The van der Waals surface area contributed by atoms with Crippen molar-refractivity contribution in [3.63, 3.8) is 0 Å². The number of aromatic nitrogens is 4. The van der Waals surface area contributed by atoms with Crippen molar-refractivity contribution in [2.75, 3.05) is 0 Å². The summed E-state index contributed by atoms with van der Waals surface area (Å²) in [6.45, 7) is 0. The Bertz CT molecular complexity index is 2730. The number of pyridine rings is 1. The molecule has 9 aromatic rings. The summed E-state index contributed by atoms with van der Waals surface area (Å²) in [5.41, 5.74) is 6.93. The molecule has 0 N–H and O–H groups in total. The van der Waals surface area contributed by atoms with Crippen molar-refractivity contribution in [1.29, 1.82) is 0 Å². The Kier molecular flexibility index (Phi) is 5.63. The van der Waals surface area contributed by atoms with Crippen molar-refractivity contribution in [2.24, 2.45) is 0 Å². The van der Waals surface area contributed by atoms with Gasteiger partial charge < -0.3 is 4.42 Å². The van der Waals surface area contributed by atoms with Crippen LogP contribution in [0.3, 0.4) is 0 Å². The fraction of sp³-hybridized carbons (Fsp3) is 0.0476. The third-order valence-electron chi connectivity index (χ3n) is 9.49. The van der Waals surface area contributed by atoms with Gasteiger partial charge in [0, 0.05) is 50.2 Å². The highest BCUT2D eigenvalue weighted by Crippen LogP contribution is 2.42. The van der Waals surface area contributed by atoms with Crippen molar-refractivity contribution >= 4 is 60.5 Å². The van der Waals surface area contributed by atoms with E-state index in [1.54, 1.807) is 0 Å². The third kappa shape index (κ3) is 4.03. The van der Waals surface area contributed by atoms with E-state index in [0.29, 0.717) is 11.6 Å². The van der Waals surface area contributed by atoms with Crippen LogP contribution in [0.2, 0.25) is 0 Å². The maximum atomic E-state index is 6.53. The van der Waals surface area contributed by atoms with E-state index in [4.69, 9.17) is 24.4 Å². The minimum atomic E-state index is -0.0740. The molecule has 1 atom stereocenters. The van der Waals surface area contributed by atoms with Crippen LogP contribution in [0, 0.1) is 0 Å². The molecule has 0 fully saturated rings. The molecule has 0 bridgehead atoms. The Morgan fingerprint density at radius 2 is 1.40 bits per heavy atom. The second-order valence-corrected chi connectivity index (χ2v) is 12.1. The number of para-hydroxylation sites is 1. The smallest absolute Gasteiger partial charge is 0.164 e. The Morgan fingerprint density at radius 1 is 0.596 bits per heavy atom. The summed E-state index contributed by atoms with van der Waals surface area (Å²) >= 11 is 0. The van der Waals surface area contributed by atoms with Gasteiger partial charge in [-0.1, -0.05) is 115 Å². The second kappa shape index (κ2) is 10.2. The molecule has 1 aliphatic carbocycles. The van der Waals surface area contributed by atoms with Crippen molar-refractivity contribution in [2.45, 2.75) is 12.3 Å². The zero-order chi connectivity index (χ0) is 30.9. The van der Waals surface area contributed by atoms with Crippen LogP contribution in [-0.4, -0.2) is 19.9 Å². The van der Waals surface area contributed by atoms with E-state index in [-0.39, 0.29) is 5.92 Å². The van der Waals surface area contributed by atoms with Crippen LogP contribution in [0.15, 0.2) is 138 Å². The lowest BCUT2D eigenvalue weighted by molar-refractivity contribution is 0.672. The van der Waals surface area contributed by atoms with E-state index in [1.807, 2.05) is 42.6 Å². The quantitative estimate of drug-likeness (QED) is 0.188. The highest BCUT2D eigenvalue weighted by Gasteiger charge is 2.27. The molecule has 3 heterocycles. The number of rotatable bonds is 3. The van der Waals surface area contributed by atoms with Gasteiger partial charge >= 0.3 is 0 Å². The second-order valence-electron chi connectivity index (χ2n) is 12.1. The van der Waals surface area contributed by atoms with E-state index >= 15 is 0 Å². The van der Waals surface area contributed by atoms with Crippen LogP contribution in [0.1, 0.15) is 29.3 Å². The standard InChI is InChI=1S/C42H26N4O/c1-2-11-27(12-3-1)40-44-41(32-16-8-13-26-21-22-29-30-15-6-7-18-35(30)43-24-34(29)37(26)32)46-42(45-40)33-17-9-19-36-38(33)31-23-20-25-10-4-5-14-28(25)39(31)47-36/h1-15,17-24,32H,16H2. The number of benzene rings is 6. The first kappa shape index (κ1) is 26.1. The fourth-order valence-corrected chi connectivity index (χ4v) is 7.32. The van der Waals surface area contributed by atoms with Gasteiger partial charge in [0.1, 0.15) is 17.0 Å². The Balaban J connectivity index is 1.24. The van der Waals surface area contributed by atoms with Gasteiger partial charge in [-0.3, -0.25) is 4.98 Å². The van der Waals surface area contributed by atoms with E-state index in [1.165, 1.54) is 16.5 Å². The average molecular weight is 603 g/mol. The van der Waals surface area contributed by atoms with Crippen molar-refractivity contribution < 1.29 is 4.42 Å². The van der Waals surface area contributed by atoms with Crippen LogP contribution in [0.25, 0.3) is 83.2 Å². The third-order valence-corrected chi connectivity index (χ3v) is 9.49. The first-order valence-electron chi connectivity index (χ1n) is 15.9. The van der Waals surface area contributed by atoms with Crippen LogP contribution >= 0.6 is 0 Å². The van der Waals surface area contributed by atoms with Gasteiger partial charge in [-0.25, -0.2) is 15.0 Å². The minimum Gasteiger partial charge on any atom is -0.455 e. The van der Waals surface area contributed by atoms with Gasteiger partial charge in [-0.05, 0) is 46.5 Å². The average Bonchev–Trinajstić information content (AvgIpc) is 3.54. The molecule has 0 radical (unpaired) electrons. The van der Waals surface area contributed by atoms with Gasteiger partial charge in [0.25, 0.3) is 0 Å². The first-order valence-corrected chi connectivity index (χ1v) is 15.9. The minimum absolute atomic E-state index is 0.0740. The fourth-order valence-electron chi connectivity index (χ4n) is 7.32. The van der Waals surface area contributed by atoms with Gasteiger partial charge in [-0.15, -0.1) is 0 Å². The summed E-state index contributed by atoms with van der Waals surface area (Å²) in [5, 5.41) is 7.76. The molecule has 220 valence electrons. The molecular formula is C42H26N4O. The van der Waals surface area contributed by atoms with Crippen LogP contribution in [0.4, 0.5) is 0 Å². The SMILES string of the molecule is C1=Cc2ccc3c(cnc4ccccc43)c2C(c2nc(-c3ccccc3)nc(-c3cccc4oc5c6ccccc6ccc5c34)n2)C1. The summed E-state index contributed by atoms with van der Waals surface area (Å²) in [7, 11) is 0. The summed E-state index contributed by atoms with van der Waals surface area (Å²) < 4.78 is 6.53. The zero-order valence-corrected chi connectivity index (χ0v) is 25.3. The molecule has 10 rings (SSSR count). The number of allylic oxidation sites excluding steroid dienone is 1. The molecule has 1 aliphatic rings. The van der Waals surface area contributed by atoms with E-state index in [9.17, 15) is 0 Å². The molecule has 0 amide bonds. The molecule has 6 aromatic carbocycles. The highest BCUT2D eigenvalue weighted by atomic mass is 16.3. The maximum Gasteiger partial charge on any atom is 0.164 e. The van der Waals surface area contributed by atoms with E-state index in [0.717, 1.165) is 72.4 Å². The molecule has 0 saturated carbocycles. The van der Waals surface area contributed by atoms with Crippen LogP contribution in [-0.2, 0) is 0 Å². The van der Waals surface area contributed by atoms with Gasteiger partial charge in [-0.2, -0.15) is 0 Å². The van der Waals surface area contributed by atoms with Crippen molar-refractivity contribution in [1.82, 2.24) is 19.9 Å². The summed E-state index contributed by atoms with van der Waals surface area (Å²) in [5.74, 6) is 1.96. The zero-order valence-electron chi connectivity index (χ0n) is 25.3. The number of furan rings is 1. The summed E-state index contributed by atoms with van der Waals surface area (Å²) in [4.78, 5) is 20.5. The van der Waals surface area contributed by atoms with Gasteiger partial charge in [0.05, 0.1) is 5.52 Å². The maximum absolute atomic E-state index is 6.53. The summed E-state index contributed by atoms with van der Waals surface area (Å²) in [6.07, 6.45) is 7.24. The lowest BCUT2D eigenvalue weighted by Gasteiger charge is -2.24. The molecule has 0 aliphatic heterocycles. The van der Waals surface area contributed by atoms with Crippen molar-refractivity contribution in [3.05, 3.63) is 151 Å². The van der Waals surface area contributed by atoms with Crippen LogP contribution in [0.5, 0.6) is 0 Å². The first-order chi connectivity index (χ1) is 23.3. The lowest BCUT2D eigenvalue weighted by atomic mass is 9.83. The highest BCUT2D eigenvalue weighted by molar-refractivity contribution is 6.18. The van der Waals surface area contributed by atoms with E-state index < -0.39 is 0 Å². The van der Waals surface area contributed by atoms with Gasteiger partial charge in [0.2, 0.25) is 0 Å². The summed E-state index contributed by atoms with van der Waals surface area (Å²) in [6, 6.07) is 41.8. The molecule has 3 aromatic heterocycles. The molecule has 0 spiro atoms. The van der Waals surface area contributed by atoms with Gasteiger partial charge in [0.15, 0.2) is 11.6 Å². The number of hydrogen-bond donors (Lipinski definition) is 0. The van der Waals surface area contributed by atoms with Crippen molar-refractivity contribution in [3.8, 4) is 22.8 Å². The number of fused-ring (bicyclic) bond motifs is 10. The predicted molar refractivity (Wildman–Crippen MR) is 190 cm³/mol. The molecule has 47 heavy (non-hydrogen) atoms. The monoisotopic (exact) mass is 602 g/mol. The Morgan fingerprint density at radius 3 is 2.34 bits per heavy atom. The van der Waals surface area contributed by atoms with E-state index in [2.05, 4.69) is 97.1 Å². The topological polar surface area (TPSA) is 64.7 Å². The normalized spacial score (nSPS) is 14.4. The molecule has 5 heteroatoms. The number of nitrogens with zero attached hydrogens (tertiary/aromatic N) is 4. The predicted octanol–water partition coefficient (Wildman–Crippen LogP) is 10.5. The molecular weight excluding hydrogens is 576 g/mol. The molecule has 5 nitrogen and oxygen atoms in total. The lowest BCUT2D eigenvalue weighted by Crippen LogP contribution is -2.13.